The maximum Gasteiger partial charge on any atom is 0.326 e. The minimum atomic E-state index is -1.14. The fourth-order valence-corrected chi connectivity index (χ4v) is 3.34. The first-order valence-electron chi connectivity index (χ1n) is 11.1. The molecule has 0 aromatic heterocycles. The molecule has 8 N–H and O–H groups in total. The van der Waals surface area contributed by atoms with E-state index in [4.69, 9.17) is 11.5 Å². The van der Waals surface area contributed by atoms with Crippen LogP contribution in [0, 0.1) is 11.8 Å². The lowest BCUT2D eigenvalue weighted by Crippen LogP contribution is -2.57. The number of thiol groups is 1. The molecule has 186 valence electrons. The summed E-state index contributed by atoms with van der Waals surface area (Å²) in [6.45, 7) is 8.00. The third-order valence-corrected chi connectivity index (χ3v) is 5.14. The quantitative estimate of drug-likeness (QED) is 0.121. The predicted octanol–water partition coefficient (Wildman–Crippen LogP) is 0.00370. The van der Waals surface area contributed by atoms with Crippen molar-refractivity contribution in [3.63, 3.8) is 0 Å². The van der Waals surface area contributed by atoms with Gasteiger partial charge >= 0.3 is 5.97 Å². The number of carboxylic acids is 1. The molecule has 0 aliphatic rings. The van der Waals surface area contributed by atoms with Gasteiger partial charge in [0.2, 0.25) is 17.7 Å². The monoisotopic (exact) mass is 475 g/mol. The standard InChI is InChI=1S/C21H41N5O5S/c1-12(2)9-14(23)18(27)26-17(11-32)20(29)24-15(7-5-6-8-22)19(28)25-16(21(30)31)10-13(3)4/h12-17,32H,5-11,22-23H2,1-4H3,(H,24,29)(H,25,28)(H,26,27)(H,30,31). The number of carboxylic acid groups (broad SMARTS) is 1. The molecule has 0 aliphatic heterocycles. The molecule has 0 aromatic carbocycles. The largest absolute Gasteiger partial charge is 0.480 e. The van der Waals surface area contributed by atoms with E-state index >= 15 is 0 Å². The Morgan fingerprint density at radius 1 is 0.812 bits per heavy atom. The van der Waals surface area contributed by atoms with Crippen LogP contribution in [0.3, 0.4) is 0 Å². The van der Waals surface area contributed by atoms with Gasteiger partial charge in [0.15, 0.2) is 0 Å². The molecule has 0 rings (SSSR count). The van der Waals surface area contributed by atoms with E-state index in [-0.39, 0.29) is 30.4 Å². The van der Waals surface area contributed by atoms with Crippen LogP contribution in [-0.2, 0) is 19.2 Å². The van der Waals surface area contributed by atoms with E-state index in [0.29, 0.717) is 25.8 Å². The van der Waals surface area contributed by atoms with Crippen LogP contribution < -0.4 is 27.4 Å². The number of hydrogen-bond donors (Lipinski definition) is 7. The highest BCUT2D eigenvalue weighted by Crippen LogP contribution is 2.08. The van der Waals surface area contributed by atoms with Gasteiger partial charge < -0.3 is 32.5 Å². The van der Waals surface area contributed by atoms with Crippen molar-refractivity contribution in [1.29, 1.82) is 0 Å². The number of nitrogens with two attached hydrogens (primary N) is 2. The van der Waals surface area contributed by atoms with E-state index in [1.807, 2.05) is 27.7 Å². The first kappa shape index (κ1) is 30.1. The molecule has 0 heterocycles. The summed E-state index contributed by atoms with van der Waals surface area (Å²) in [5, 5.41) is 17.1. The van der Waals surface area contributed by atoms with Crippen LogP contribution in [0.4, 0.5) is 0 Å². The summed E-state index contributed by atoms with van der Waals surface area (Å²) in [5.41, 5.74) is 11.4. The molecule has 0 radical (unpaired) electrons. The van der Waals surface area contributed by atoms with E-state index in [1.54, 1.807) is 0 Å². The van der Waals surface area contributed by atoms with Crippen molar-refractivity contribution >= 4 is 36.3 Å². The number of aliphatic carboxylic acids is 1. The molecule has 0 aromatic rings. The smallest absolute Gasteiger partial charge is 0.326 e. The number of amides is 3. The van der Waals surface area contributed by atoms with Crippen molar-refractivity contribution in [2.24, 2.45) is 23.3 Å². The zero-order valence-corrected chi connectivity index (χ0v) is 20.5. The Bertz CT molecular complexity index is 617. The Kier molecular flexibility index (Phi) is 15.0. The average Bonchev–Trinajstić information content (AvgIpc) is 2.69. The summed E-state index contributed by atoms with van der Waals surface area (Å²) < 4.78 is 0. The first-order chi connectivity index (χ1) is 14.9. The van der Waals surface area contributed by atoms with Gasteiger partial charge in [0.05, 0.1) is 6.04 Å². The van der Waals surface area contributed by atoms with Gasteiger partial charge in [0.1, 0.15) is 18.1 Å². The molecule has 32 heavy (non-hydrogen) atoms. The Labute approximate surface area is 196 Å². The topological polar surface area (TPSA) is 177 Å². The second-order valence-corrected chi connectivity index (χ2v) is 9.22. The molecule has 0 fully saturated rings. The zero-order valence-electron chi connectivity index (χ0n) is 19.6. The van der Waals surface area contributed by atoms with Crippen LogP contribution in [0.2, 0.25) is 0 Å². The van der Waals surface area contributed by atoms with Crippen LogP contribution in [0.15, 0.2) is 0 Å². The fourth-order valence-electron chi connectivity index (χ4n) is 3.09. The van der Waals surface area contributed by atoms with E-state index in [0.717, 1.165) is 0 Å². The van der Waals surface area contributed by atoms with Gasteiger partial charge in [-0.3, -0.25) is 14.4 Å². The SMILES string of the molecule is CC(C)CC(N)C(=O)NC(CS)C(=O)NC(CCCCN)C(=O)NC(CC(C)C)C(=O)O. The van der Waals surface area contributed by atoms with Gasteiger partial charge in [0.25, 0.3) is 0 Å². The lowest BCUT2D eigenvalue weighted by molar-refractivity contribution is -0.142. The van der Waals surface area contributed by atoms with Gasteiger partial charge in [-0.25, -0.2) is 4.79 Å². The van der Waals surface area contributed by atoms with Gasteiger partial charge in [-0.05, 0) is 50.5 Å². The highest BCUT2D eigenvalue weighted by atomic mass is 32.1. The average molecular weight is 476 g/mol. The zero-order chi connectivity index (χ0) is 24.8. The van der Waals surface area contributed by atoms with Gasteiger partial charge in [-0.2, -0.15) is 12.6 Å². The molecule has 4 unspecified atom stereocenters. The highest BCUT2D eigenvalue weighted by Gasteiger charge is 2.30. The van der Waals surface area contributed by atoms with E-state index in [2.05, 4.69) is 28.6 Å². The maximum absolute atomic E-state index is 12.8. The number of carbonyl (C=O) groups is 4. The molecule has 0 saturated heterocycles. The van der Waals surface area contributed by atoms with Crippen LogP contribution in [-0.4, -0.2) is 65.3 Å². The number of hydrogen-bond acceptors (Lipinski definition) is 7. The second-order valence-electron chi connectivity index (χ2n) is 8.85. The Hall–Kier alpha value is -1.85. The summed E-state index contributed by atoms with van der Waals surface area (Å²) in [5.74, 6) is -2.52. The van der Waals surface area contributed by atoms with Crippen molar-refractivity contribution < 1.29 is 24.3 Å². The number of nitrogens with one attached hydrogen (secondary N) is 3. The van der Waals surface area contributed by atoms with Gasteiger partial charge in [0, 0.05) is 5.75 Å². The minimum absolute atomic E-state index is 0.00815. The summed E-state index contributed by atoms with van der Waals surface area (Å²) in [4.78, 5) is 49.3. The number of carbonyl (C=O) groups excluding carboxylic acids is 3. The predicted molar refractivity (Wildman–Crippen MR) is 127 cm³/mol. The van der Waals surface area contributed by atoms with Crippen LogP contribution in [0.5, 0.6) is 0 Å². The number of unbranched alkanes of at least 4 members (excludes halogenated alkanes) is 1. The van der Waals surface area contributed by atoms with Crippen molar-refractivity contribution in [1.82, 2.24) is 16.0 Å². The molecular weight excluding hydrogens is 434 g/mol. The van der Waals surface area contributed by atoms with Crippen molar-refractivity contribution in [3.05, 3.63) is 0 Å². The van der Waals surface area contributed by atoms with Crippen LogP contribution in [0.1, 0.15) is 59.8 Å². The molecule has 4 atom stereocenters. The lowest BCUT2D eigenvalue weighted by Gasteiger charge is -2.25. The van der Waals surface area contributed by atoms with Crippen molar-refractivity contribution in [3.8, 4) is 0 Å². The summed E-state index contributed by atoms with van der Waals surface area (Å²) in [6.07, 6.45) is 2.21. The maximum atomic E-state index is 12.8. The Morgan fingerprint density at radius 2 is 1.31 bits per heavy atom. The third kappa shape index (κ3) is 12.3. The molecule has 10 nitrogen and oxygen atoms in total. The van der Waals surface area contributed by atoms with E-state index in [1.165, 1.54) is 0 Å². The third-order valence-electron chi connectivity index (χ3n) is 4.78. The molecule has 3 amide bonds. The number of rotatable bonds is 16. The van der Waals surface area contributed by atoms with Gasteiger partial charge in [-0.1, -0.05) is 27.7 Å². The fraction of sp³-hybridized carbons (Fsp3) is 0.810. The van der Waals surface area contributed by atoms with Crippen LogP contribution in [0.25, 0.3) is 0 Å². The molecule has 0 spiro atoms. The molecule has 0 aliphatic carbocycles. The lowest BCUT2D eigenvalue weighted by atomic mass is 10.0. The van der Waals surface area contributed by atoms with Crippen molar-refractivity contribution in [2.45, 2.75) is 84.0 Å². The first-order valence-corrected chi connectivity index (χ1v) is 11.8. The molecule has 0 bridgehead atoms. The minimum Gasteiger partial charge on any atom is -0.480 e. The van der Waals surface area contributed by atoms with Gasteiger partial charge in [-0.15, -0.1) is 0 Å². The normalized spacial score (nSPS) is 15.0. The second kappa shape index (κ2) is 15.9. The Morgan fingerprint density at radius 3 is 1.78 bits per heavy atom. The summed E-state index contributed by atoms with van der Waals surface area (Å²) in [7, 11) is 0. The molecule has 0 saturated carbocycles. The summed E-state index contributed by atoms with van der Waals surface area (Å²) >= 11 is 4.14. The summed E-state index contributed by atoms with van der Waals surface area (Å²) in [6, 6.07) is -3.78. The van der Waals surface area contributed by atoms with Crippen LogP contribution >= 0.6 is 12.6 Å². The van der Waals surface area contributed by atoms with Crippen molar-refractivity contribution in [2.75, 3.05) is 12.3 Å². The molecule has 11 heteroatoms. The van der Waals surface area contributed by atoms with E-state index < -0.39 is 47.9 Å². The molecular formula is C21H41N5O5S. The highest BCUT2D eigenvalue weighted by molar-refractivity contribution is 7.80. The van der Waals surface area contributed by atoms with E-state index in [9.17, 15) is 24.3 Å². The Balaban J connectivity index is 5.26.